The standard InChI is InChI=1S/C18H21NO2/c1-4-17(21-15-8-6-14(19)7-9-15)18(20)16-10-5-12(2)11-13(16)3/h5-11,17H,4,19H2,1-3H3. The Morgan fingerprint density at radius 3 is 2.38 bits per heavy atom. The van der Waals surface area contributed by atoms with Crippen molar-refractivity contribution in [1.82, 2.24) is 0 Å². The van der Waals surface area contributed by atoms with Gasteiger partial charge < -0.3 is 10.5 Å². The second-order valence-corrected chi connectivity index (χ2v) is 5.27. The van der Waals surface area contributed by atoms with Crippen LogP contribution in [-0.2, 0) is 0 Å². The molecule has 2 aromatic rings. The first-order valence-corrected chi connectivity index (χ1v) is 7.15. The van der Waals surface area contributed by atoms with Gasteiger partial charge >= 0.3 is 0 Å². The average Bonchev–Trinajstić information content (AvgIpc) is 2.46. The Hall–Kier alpha value is -2.29. The Balaban J connectivity index is 2.20. The first-order chi connectivity index (χ1) is 10.0. The highest BCUT2D eigenvalue weighted by Crippen LogP contribution is 2.20. The molecule has 3 nitrogen and oxygen atoms in total. The van der Waals surface area contributed by atoms with E-state index in [4.69, 9.17) is 10.5 Å². The van der Waals surface area contributed by atoms with Crippen LogP contribution in [0.25, 0.3) is 0 Å². The zero-order valence-electron chi connectivity index (χ0n) is 12.7. The zero-order chi connectivity index (χ0) is 15.4. The van der Waals surface area contributed by atoms with Crippen LogP contribution < -0.4 is 10.5 Å². The molecule has 0 radical (unpaired) electrons. The molecule has 0 amide bonds. The molecule has 3 heteroatoms. The normalized spacial score (nSPS) is 12.0. The largest absolute Gasteiger partial charge is 0.482 e. The number of anilines is 1. The highest BCUT2D eigenvalue weighted by Gasteiger charge is 2.21. The maximum atomic E-state index is 12.6. The third kappa shape index (κ3) is 3.63. The molecule has 0 saturated heterocycles. The average molecular weight is 283 g/mol. The summed E-state index contributed by atoms with van der Waals surface area (Å²) in [6, 6.07) is 13.0. The predicted octanol–water partition coefficient (Wildman–Crippen LogP) is 3.93. The van der Waals surface area contributed by atoms with Crippen LogP contribution in [0.2, 0.25) is 0 Å². The number of hydrogen-bond donors (Lipinski definition) is 1. The van der Waals surface area contributed by atoms with E-state index in [1.54, 1.807) is 24.3 Å². The third-order valence-corrected chi connectivity index (χ3v) is 3.47. The van der Waals surface area contributed by atoms with Gasteiger partial charge in [0, 0.05) is 11.3 Å². The molecule has 1 atom stereocenters. The highest BCUT2D eigenvalue weighted by atomic mass is 16.5. The molecule has 0 bridgehead atoms. The van der Waals surface area contributed by atoms with Crippen LogP contribution in [0.5, 0.6) is 5.75 Å². The molecule has 0 fully saturated rings. The van der Waals surface area contributed by atoms with Crippen LogP contribution in [0.15, 0.2) is 42.5 Å². The number of carbonyl (C=O) groups is 1. The van der Waals surface area contributed by atoms with Gasteiger partial charge in [-0.1, -0.05) is 30.7 Å². The van der Waals surface area contributed by atoms with E-state index in [1.807, 2.05) is 39.0 Å². The lowest BCUT2D eigenvalue weighted by molar-refractivity contribution is 0.0786. The Kier molecular flexibility index (Phi) is 4.63. The van der Waals surface area contributed by atoms with Crippen molar-refractivity contribution in [3.63, 3.8) is 0 Å². The molecule has 110 valence electrons. The maximum Gasteiger partial charge on any atom is 0.203 e. The molecule has 0 aliphatic heterocycles. The number of rotatable bonds is 5. The van der Waals surface area contributed by atoms with E-state index in [-0.39, 0.29) is 5.78 Å². The fourth-order valence-corrected chi connectivity index (χ4v) is 2.30. The van der Waals surface area contributed by atoms with Crippen molar-refractivity contribution < 1.29 is 9.53 Å². The van der Waals surface area contributed by atoms with E-state index in [9.17, 15) is 4.79 Å². The number of Topliss-reactive ketones (excluding diaryl/α,β-unsaturated/α-hetero) is 1. The Bertz CT molecular complexity index is 632. The number of carbonyl (C=O) groups excluding carboxylic acids is 1. The van der Waals surface area contributed by atoms with E-state index in [1.165, 1.54) is 0 Å². The number of aryl methyl sites for hydroxylation is 2. The number of hydrogen-bond acceptors (Lipinski definition) is 3. The quantitative estimate of drug-likeness (QED) is 0.668. The monoisotopic (exact) mass is 283 g/mol. The Morgan fingerprint density at radius 1 is 1.14 bits per heavy atom. The number of ether oxygens (including phenoxy) is 1. The lowest BCUT2D eigenvalue weighted by Crippen LogP contribution is -2.27. The zero-order valence-corrected chi connectivity index (χ0v) is 12.7. The van der Waals surface area contributed by atoms with Crippen LogP contribution >= 0.6 is 0 Å². The first kappa shape index (κ1) is 15.1. The molecule has 0 heterocycles. The molecule has 2 rings (SSSR count). The molecule has 0 aliphatic carbocycles. The van der Waals surface area contributed by atoms with E-state index < -0.39 is 6.10 Å². The van der Waals surface area contributed by atoms with Crippen molar-refractivity contribution >= 4 is 11.5 Å². The predicted molar refractivity (Wildman–Crippen MR) is 85.8 cm³/mol. The SMILES string of the molecule is CCC(Oc1ccc(N)cc1)C(=O)c1ccc(C)cc1C. The smallest absolute Gasteiger partial charge is 0.203 e. The third-order valence-electron chi connectivity index (χ3n) is 3.47. The summed E-state index contributed by atoms with van der Waals surface area (Å²) < 4.78 is 5.81. The van der Waals surface area contributed by atoms with Crippen molar-refractivity contribution in [3.8, 4) is 5.75 Å². The molecule has 0 saturated carbocycles. The molecule has 1 unspecified atom stereocenters. The van der Waals surface area contributed by atoms with Gasteiger partial charge in [-0.2, -0.15) is 0 Å². The van der Waals surface area contributed by atoms with Crippen molar-refractivity contribution in [2.24, 2.45) is 0 Å². The Labute approximate surface area is 125 Å². The second-order valence-electron chi connectivity index (χ2n) is 5.27. The molecule has 0 aromatic heterocycles. The van der Waals surface area contributed by atoms with Gasteiger partial charge in [-0.25, -0.2) is 0 Å². The van der Waals surface area contributed by atoms with Crippen LogP contribution in [0.1, 0.15) is 34.8 Å². The van der Waals surface area contributed by atoms with Crippen molar-refractivity contribution in [1.29, 1.82) is 0 Å². The van der Waals surface area contributed by atoms with E-state index in [0.29, 0.717) is 17.9 Å². The fraction of sp³-hybridized carbons (Fsp3) is 0.278. The highest BCUT2D eigenvalue weighted by molar-refractivity contribution is 6.00. The Morgan fingerprint density at radius 2 is 1.81 bits per heavy atom. The van der Waals surface area contributed by atoms with Gasteiger partial charge in [0.25, 0.3) is 0 Å². The van der Waals surface area contributed by atoms with Gasteiger partial charge in [0.1, 0.15) is 5.75 Å². The molecule has 21 heavy (non-hydrogen) atoms. The first-order valence-electron chi connectivity index (χ1n) is 7.15. The molecular weight excluding hydrogens is 262 g/mol. The minimum absolute atomic E-state index is 0.0202. The van der Waals surface area contributed by atoms with E-state index >= 15 is 0 Å². The van der Waals surface area contributed by atoms with Gasteiger partial charge in [0.15, 0.2) is 6.10 Å². The van der Waals surface area contributed by atoms with Crippen LogP contribution in [0.4, 0.5) is 5.69 Å². The summed E-state index contributed by atoms with van der Waals surface area (Å²) in [4.78, 5) is 12.6. The van der Waals surface area contributed by atoms with Crippen molar-refractivity contribution in [2.45, 2.75) is 33.3 Å². The van der Waals surface area contributed by atoms with Crippen molar-refractivity contribution in [3.05, 3.63) is 59.2 Å². The molecule has 2 N–H and O–H groups in total. The maximum absolute atomic E-state index is 12.6. The van der Waals surface area contributed by atoms with Gasteiger partial charge in [-0.05, 0) is 50.1 Å². The molecule has 0 spiro atoms. The topological polar surface area (TPSA) is 52.3 Å². The summed E-state index contributed by atoms with van der Waals surface area (Å²) >= 11 is 0. The van der Waals surface area contributed by atoms with Crippen LogP contribution in [0.3, 0.4) is 0 Å². The number of ketones is 1. The molecular formula is C18H21NO2. The summed E-state index contributed by atoms with van der Waals surface area (Å²) in [5.74, 6) is 0.681. The van der Waals surface area contributed by atoms with Crippen molar-refractivity contribution in [2.75, 3.05) is 5.73 Å². The summed E-state index contributed by atoms with van der Waals surface area (Å²) in [5, 5.41) is 0. The van der Waals surface area contributed by atoms with Crippen LogP contribution in [0, 0.1) is 13.8 Å². The number of nitrogens with two attached hydrogens (primary N) is 1. The second kappa shape index (κ2) is 6.44. The van der Waals surface area contributed by atoms with Gasteiger partial charge in [0.05, 0.1) is 0 Å². The summed E-state index contributed by atoms with van der Waals surface area (Å²) in [5.41, 5.74) is 9.19. The summed E-state index contributed by atoms with van der Waals surface area (Å²) in [6.07, 6.45) is 0.145. The molecule has 2 aromatic carbocycles. The fourth-order valence-electron chi connectivity index (χ4n) is 2.30. The lowest BCUT2D eigenvalue weighted by atomic mass is 9.98. The summed E-state index contributed by atoms with van der Waals surface area (Å²) in [6.45, 7) is 5.92. The number of nitrogen functional groups attached to an aromatic ring is 1. The van der Waals surface area contributed by atoms with Gasteiger partial charge in [-0.3, -0.25) is 4.79 Å². The molecule has 0 aliphatic rings. The van der Waals surface area contributed by atoms with E-state index in [2.05, 4.69) is 0 Å². The van der Waals surface area contributed by atoms with Crippen LogP contribution in [-0.4, -0.2) is 11.9 Å². The van der Waals surface area contributed by atoms with Gasteiger partial charge in [-0.15, -0.1) is 0 Å². The number of benzene rings is 2. The summed E-state index contributed by atoms with van der Waals surface area (Å²) in [7, 11) is 0. The van der Waals surface area contributed by atoms with Gasteiger partial charge in [0.2, 0.25) is 5.78 Å². The van der Waals surface area contributed by atoms with E-state index in [0.717, 1.165) is 16.7 Å². The minimum Gasteiger partial charge on any atom is -0.482 e. The minimum atomic E-state index is -0.477. The lowest BCUT2D eigenvalue weighted by Gasteiger charge is -2.18.